The number of fused-ring (bicyclic) bond motifs is 2. The van der Waals surface area contributed by atoms with Gasteiger partial charge in [-0.1, -0.05) is 35.7 Å². The van der Waals surface area contributed by atoms with Gasteiger partial charge in [0.05, 0.1) is 43.1 Å². The van der Waals surface area contributed by atoms with Crippen LogP contribution >= 0.6 is 19.2 Å². The molecule has 45 heavy (non-hydrogen) atoms. The normalized spacial score (nSPS) is 26.4. The number of nitrogens with one attached hydrogen (secondary N) is 1. The Kier molecular flexibility index (Phi) is 9.27. The Labute approximate surface area is 266 Å². The van der Waals surface area contributed by atoms with Crippen LogP contribution in [0, 0.1) is 18.2 Å². The van der Waals surface area contributed by atoms with E-state index in [1.807, 2.05) is 6.92 Å². The molecule has 2 saturated heterocycles. The highest BCUT2D eigenvalue weighted by Gasteiger charge is 2.66. The van der Waals surface area contributed by atoms with Crippen LogP contribution in [0.25, 0.3) is 11.0 Å². The molecule has 3 aliphatic rings. The van der Waals surface area contributed by atoms with Crippen molar-refractivity contribution in [3.05, 3.63) is 53.1 Å². The van der Waals surface area contributed by atoms with Gasteiger partial charge in [0.25, 0.3) is 0 Å². The van der Waals surface area contributed by atoms with Crippen LogP contribution in [0.15, 0.2) is 36.5 Å². The van der Waals surface area contributed by atoms with Crippen molar-refractivity contribution in [2.45, 2.75) is 82.3 Å². The number of terminal acetylenes is 1. The number of hydrogen-bond acceptors (Lipinski definition) is 10. The largest absolute Gasteiger partial charge is 0.378 e. The summed E-state index contributed by atoms with van der Waals surface area (Å²) in [6.07, 6.45) is 8.56. The maximum absolute atomic E-state index is 14.5. The van der Waals surface area contributed by atoms with Crippen molar-refractivity contribution in [1.29, 1.82) is 0 Å². The predicted molar refractivity (Wildman–Crippen MR) is 165 cm³/mol. The lowest BCUT2D eigenvalue weighted by atomic mass is 9.97. The second kappa shape index (κ2) is 12.9. The van der Waals surface area contributed by atoms with Crippen molar-refractivity contribution in [1.82, 2.24) is 14.8 Å². The van der Waals surface area contributed by atoms with Crippen LogP contribution in [0.2, 0.25) is 5.15 Å². The summed E-state index contributed by atoms with van der Waals surface area (Å²) in [6.45, 7) is 5.54. The van der Waals surface area contributed by atoms with Gasteiger partial charge >= 0.3 is 7.60 Å². The van der Waals surface area contributed by atoms with E-state index in [0.29, 0.717) is 35.1 Å². The molecule has 1 saturated carbocycles. The topological polar surface area (TPSA) is 115 Å². The van der Waals surface area contributed by atoms with Crippen molar-refractivity contribution in [3.8, 4) is 12.3 Å². The minimum absolute atomic E-state index is 0.162. The lowest BCUT2D eigenvalue weighted by molar-refractivity contribution is -0.230. The minimum atomic E-state index is -3.51. The number of benzene rings is 1. The fourth-order valence-corrected chi connectivity index (χ4v) is 7.93. The van der Waals surface area contributed by atoms with E-state index in [4.69, 9.17) is 46.0 Å². The second-order valence-electron chi connectivity index (χ2n) is 11.4. The SMILES string of the molecule is C#C[C@]1(COCP(=O)(OCC)OCC)O[C@@H](n2ncc3c(NC(C)c4ccccc4F)cc(Cl)nc32)[C@@H]2OC3(CCCC3)O[C@@H]21. The number of pyridine rings is 1. The second-order valence-corrected chi connectivity index (χ2v) is 13.8. The lowest BCUT2D eigenvalue weighted by Crippen LogP contribution is -2.46. The summed E-state index contributed by atoms with van der Waals surface area (Å²) in [4.78, 5) is 4.57. The Morgan fingerprint density at radius 3 is 2.64 bits per heavy atom. The molecule has 3 aromatic rings. The van der Waals surface area contributed by atoms with Crippen molar-refractivity contribution in [3.63, 3.8) is 0 Å². The van der Waals surface area contributed by atoms with E-state index in [2.05, 4.69) is 21.3 Å². The molecular formula is C31H37ClFN4O7P. The first-order valence-electron chi connectivity index (χ1n) is 15.2. The van der Waals surface area contributed by atoms with Gasteiger partial charge in [0.1, 0.15) is 29.5 Å². The molecule has 1 spiro atoms. The molecule has 1 unspecified atom stereocenters. The highest BCUT2D eigenvalue weighted by Crippen LogP contribution is 2.54. The molecule has 6 rings (SSSR count). The lowest BCUT2D eigenvalue weighted by Gasteiger charge is -2.32. The summed E-state index contributed by atoms with van der Waals surface area (Å²) in [5.41, 5.74) is 0.119. The number of halogens is 2. The highest BCUT2D eigenvalue weighted by atomic mass is 35.5. The monoisotopic (exact) mass is 662 g/mol. The zero-order valence-electron chi connectivity index (χ0n) is 25.4. The summed E-state index contributed by atoms with van der Waals surface area (Å²) in [6, 6.07) is 7.86. The fraction of sp³-hybridized carbons (Fsp3) is 0.548. The Morgan fingerprint density at radius 1 is 1.22 bits per heavy atom. The Morgan fingerprint density at radius 2 is 1.96 bits per heavy atom. The molecule has 0 bridgehead atoms. The average Bonchev–Trinajstić information content (AvgIpc) is 3.79. The average molecular weight is 663 g/mol. The predicted octanol–water partition coefficient (Wildman–Crippen LogP) is 6.59. The smallest absolute Gasteiger partial charge is 0.356 e. The van der Waals surface area contributed by atoms with Crippen molar-refractivity contribution < 1.29 is 37.0 Å². The van der Waals surface area contributed by atoms with Gasteiger partial charge in [0.2, 0.25) is 0 Å². The number of aromatic nitrogens is 3. The Balaban J connectivity index is 1.32. The van der Waals surface area contributed by atoms with Crippen molar-refractivity contribution in [2.24, 2.45) is 0 Å². The summed E-state index contributed by atoms with van der Waals surface area (Å²) < 4.78 is 65.6. The molecule has 0 radical (unpaired) electrons. The molecule has 0 amide bonds. The van der Waals surface area contributed by atoms with E-state index < -0.39 is 37.4 Å². The Bertz CT molecular complexity index is 1620. The number of ether oxygens (including phenoxy) is 4. The van der Waals surface area contributed by atoms with Crippen molar-refractivity contribution in [2.75, 3.05) is 31.5 Å². The third-order valence-corrected chi connectivity index (χ3v) is 10.4. The minimum Gasteiger partial charge on any atom is -0.378 e. The molecular weight excluding hydrogens is 626 g/mol. The van der Waals surface area contributed by atoms with Crippen molar-refractivity contribution >= 4 is 35.9 Å². The van der Waals surface area contributed by atoms with Gasteiger partial charge in [0.15, 0.2) is 23.3 Å². The quantitative estimate of drug-likeness (QED) is 0.129. The molecule has 5 atom stereocenters. The van der Waals surface area contributed by atoms with E-state index in [0.717, 1.165) is 12.8 Å². The molecule has 2 aliphatic heterocycles. The van der Waals surface area contributed by atoms with Crippen LogP contribution in [0.3, 0.4) is 0 Å². The standard InChI is InChI=1S/C31H37ClFN4O7P/c1-5-30(18-39-19-45(38,40-6-2)41-7-3)27-26(42-31(43-27)14-10-11-15-31)29(44-30)37-28-22(17-34-37)24(16-25(32)36-28)35-20(4)21-12-8-9-13-23(21)33/h1,8-9,12-13,16-17,20,26-27,29H,6-7,10-11,14-15,18-19H2,2-4H3,(H,35,36)/t20?,26-,27+,29-,30-/m1/s1. The number of nitrogens with zero attached hydrogens (tertiary/aromatic N) is 3. The van der Waals surface area contributed by atoms with Crippen LogP contribution in [-0.4, -0.2) is 64.5 Å². The van der Waals surface area contributed by atoms with Gasteiger partial charge in [-0.05, 0) is 45.7 Å². The first kappa shape index (κ1) is 32.4. The number of anilines is 1. The summed E-state index contributed by atoms with van der Waals surface area (Å²) in [7, 11) is -3.51. The van der Waals surface area contributed by atoms with Gasteiger partial charge < -0.3 is 33.3 Å². The zero-order valence-corrected chi connectivity index (χ0v) is 27.1. The maximum atomic E-state index is 14.5. The van der Waals surface area contributed by atoms with Crippen LogP contribution in [0.1, 0.15) is 64.3 Å². The molecule has 3 fully saturated rings. The van der Waals surface area contributed by atoms with Gasteiger partial charge in [-0.15, -0.1) is 6.42 Å². The molecule has 14 heteroatoms. The van der Waals surface area contributed by atoms with Gasteiger partial charge in [-0.3, -0.25) is 4.57 Å². The van der Waals surface area contributed by atoms with E-state index in [9.17, 15) is 8.96 Å². The van der Waals surface area contributed by atoms with Gasteiger partial charge in [0, 0.05) is 18.4 Å². The molecule has 11 nitrogen and oxygen atoms in total. The Hall–Kier alpha value is -2.59. The molecule has 242 valence electrons. The van der Waals surface area contributed by atoms with Gasteiger partial charge in [-0.25, -0.2) is 14.1 Å². The zero-order chi connectivity index (χ0) is 31.8. The van der Waals surface area contributed by atoms with E-state index >= 15 is 0 Å². The van der Waals surface area contributed by atoms with E-state index in [1.54, 1.807) is 49.0 Å². The van der Waals surface area contributed by atoms with E-state index in [-0.39, 0.29) is 43.2 Å². The molecule has 1 aliphatic carbocycles. The molecule has 2 aromatic heterocycles. The molecule has 1 N–H and O–H groups in total. The van der Waals surface area contributed by atoms with E-state index in [1.165, 1.54) is 6.07 Å². The van der Waals surface area contributed by atoms with Crippen LogP contribution < -0.4 is 5.32 Å². The summed E-state index contributed by atoms with van der Waals surface area (Å²) >= 11 is 6.51. The van der Waals surface area contributed by atoms with Crippen LogP contribution in [0.5, 0.6) is 0 Å². The van der Waals surface area contributed by atoms with Gasteiger partial charge in [-0.2, -0.15) is 5.10 Å². The van der Waals surface area contributed by atoms with Crippen LogP contribution in [-0.2, 0) is 32.6 Å². The first-order valence-corrected chi connectivity index (χ1v) is 17.3. The number of hydrogen-bond donors (Lipinski definition) is 1. The third-order valence-electron chi connectivity index (χ3n) is 8.41. The molecule has 4 heterocycles. The third kappa shape index (κ3) is 6.13. The fourth-order valence-electron chi connectivity index (χ4n) is 6.41. The maximum Gasteiger partial charge on any atom is 0.356 e. The number of rotatable bonds is 12. The first-order chi connectivity index (χ1) is 21.7. The molecule has 1 aromatic carbocycles. The highest BCUT2D eigenvalue weighted by molar-refractivity contribution is 7.53. The summed E-state index contributed by atoms with van der Waals surface area (Å²) in [5.74, 6) is 1.64. The summed E-state index contributed by atoms with van der Waals surface area (Å²) in [5, 5.41) is 8.83. The van der Waals surface area contributed by atoms with Crippen LogP contribution in [0.4, 0.5) is 10.1 Å².